The van der Waals surface area contributed by atoms with E-state index in [0.29, 0.717) is 46.2 Å². The van der Waals surface area contributed by atoms with Gasteiger partial charge >= 0.3 is 12.2 Å². The van der Waals surface area contributed by atoms with Crippen molar-refractivity contribution in [2.24, 2.45) is 0 Å². The highest BCUT2D eigenvalue weighted by atomic mass is 35.6. The number of fused-ring (bicyclic) bond motifs is 2. The molecular weight excluding hydrogens is 951 g/mol. The smallest absolute Gasteiger partial charge is 0.415 e. The molecule has 66 heavy (non-hydrogen) atoms. The number of amides is 3. The number of rotatable bonds is 15. The number of benzene rings is 4. The van der Waals surface area contributed by atoms with Gasteiger partial charge in [-0.2, -0.15) is 4.39 Å². The Balaban J connectivity index is 1.24. The van der Waals surface area contributed by atoms with E-state index in [-0.39, 0.29) is 56.6 Å². The second-order valence-corrected chi connectivity index (χ2v) is 19.2. The molecule has 4 aromatic rings. The number of nitrogens with zero attached hydrogens (tertiary/aromatic N) is 4. The fourth-order valence-electron chi connectivity index (χ4n) is 7.88. The van der Waals surface area contributed by atoms with Gasteiger partial charge in [-0.3, -0.25) is 9.69 Å². The minimum Gasteiger partial charge on any atom is -0.488 e. The maximum absolute atomic E-state index is 15.4. The van der Waals surface area contributed by atoms with E-state index in [1.807, 2.05) is 36.4 Å². The van der Waals surface area contributed by atoms with Gasteiger partial charge < -0.3 is 28.8 Å². The van der Waals surface area contributed by atoms with Gasteiger partial charge in [0.15, 0.2) is 23.0 Å². The fraction of sp³-hybridized carbons (Fsp3) is 0.370. The van der Waals surface area contributed by atoms with E-state index >= 15 is 4.79 Å². The summed E-state index contributed by atoms with van der Waals surface area (Å²) < 4.78 is 56.8. The van der Waals surface area contributed by atoms with Crippen LogP contribution in [0.25, 0.3) is 5.57 Å². The second kappa shape index (κ2) is 20.2. The molecule has 350 valence electrons. The van der Waals surface area contributed by atoms with Crippen LogP contribution < -0.4 is 9.47 Å². The first-order chi connectivity index (χ1) is 31.3. The second-order valence-electron chi connectivity index (χ2n) is 16.5. The standard InChI is InChI=1S/C46H43Cl4F3N4O9/c1-45(2,46(48,49)50)66-44(60)56-32-22-34(29-14-12-27(13-15-29)8-6-20-63-41-37(52)19-18-36(51)40(41)53)39(42(58)55(31-16-17-31)23-30-9-3-4-11-35(30)47)38(56)25-54(24-32)43(59)65-33-10-5-7-28(21-33)26-64-57(61)62/h3-5,7,9-15,18-19,21,31-32,38H,6,8,16-17,20,22-26H2,1-2H3. The Labute approximate surface area is 397 Å². The van der Waals surface area contributed by atoms with Crippen molar-refractivity contribution in [2.75, 3.05) is 19.7 Å². The van der Waals surface area contributed by atoms with Crippen LogP contribution in [0.2, 0.25) is 5.02 Å². The SMILES string of the molecule is CC(C)(OC(=O)N1C2CC(c3ccc(CCCOc4c(F)ccc(F)c4F)cc3)=C(C(=O)N(Cc3ccccc3Cl)C3CC3)C1CN(C(=O)Oc1cccc(CO[N+](=O)[O-])c1)C2)C(Cl)(Cl)Cl. The largest absolute Gasteiger partial charge is 0.488 e. The lowest BCUT2D eigenvalue weighted by Crippen LogP contribution is -2.66. The van der Waals surface area contributed by atoms with Crippen LogP contribution >= 0.6 is 46.4 Å². The van der Waals surface area contributed by atoms with Crippen LogP contribution in [0.1, 0.15) is 61.8 Å². The molecule has 13 nitrogen and oxygen atoms in total. The summed E-state index contributed by atoms with van der Waals surface area (Å²) in [5.74, 6) is -4.77. The molecule has 0 aromatic heterocycles. The van der Waals surface area contributed by atoms with E-state index in [1.54, 1.807) is 29.2 Å². The van der Waals surface area contributed by atoms with Gasteiger partial charge in [-0.25, -0.2) is 18.4 Å². The normalized spacial score (nSPS) is 17.3. The molecule has 1 saturated carbocycles. The van der Waals surface area contributed by atoms with E-state index in [1.165, 1.54) is 35.8 Å². The Hall–Kier alpha value is -5.42. The van der Waals surface area contributed by atoms with E-state index in [2.05, 4.69) is 4.84 Å². The molecule has 1 aliphatic carbocycles. The summed E-state index contributed by atoms with van der Waals surface area (Å²) in [6.07, 6.45) is 0.538. The number of alkyl halides is 3. The third-order valence-electron chi connectivity index (χ3n) is 11.5. The van der Waals surface area contributed by atoms with Crippen molar-refractivity contribution >= 4 is 70.1 Å². The first kappa shape index (κ1) is 48.5. The van der Waals surface area contributed by atoms with Crippen LogP contribution in [0.3, 0.4) is 0 Å². The first-order valence-corrected chi connectivity index (χ1v) is 22.4. The number of hydrogen-bond acceptors (Lipinski definition) is 9. The molecular formula is C46H43Cl4F3N4O9. The van der Waals surface area contributed by atoms with Crippen molar-refractivity contribution in [1.29, 1.82) is 0 Å². The summed E-state index contributed by atoms with van der Waals surface area (Å²) in [5, 5.41) is 10.3. The zero-order valence-corrected chi connectivity index (χ0v) is 38.5. The third-order valence-corrected chi connectivity index (χ3v) is 13.3. The molecule has 1 saturated heterocycles. The molecule has 20 heteroatoms. The molecule has 2 bridgehead atoms. The number of piperazine rings is 1. The van der Waals surface area contributed by atoms with Crippen molar-refractivity contribution in [3.63, 3.8) is 0 Å². The zero-order valence-electron chi connectivity index (χ0n) is 35.5. The quantitative estimate of drug-likeness (QED) is 0.0374. The van der Waals surface area contributed by atoms with Crippen LogP contribution in [0.15, 0.2) is 90.5 Å². The van der Waals surface area contributed by atoms with Crippen molar-refractivity contribution in [3.05, 3.63) is 145 Å². The predicted octanol–water partition coefficient (Wildman–Crippen LogP) is 10.7. The molecule has 2 fully saturated rings. The Morgan fingerprint density at radius 1 is 0.894 bits per heavy atom. The average molecular weight is 995 g/mol. The minimum absolute atomic E-state index is 0.0565. The summed E-state index contributed by atoms with van der Waals surface area (Å²) in [7, 11) is 0. The average Bonchev–Trinajstić information content (AvgIpc) is 4.11. The molecule has 0 spiro atoms. The van der Waals surface area contributed by atoms with Gasteiger partial charge in [-0.05, 0) is 104 Å². The number of halogens is 7. The number of hydrogen-bond donors (Lipinski definition) is 0. The lowest BCUT2D eigenvalue weighted by Gasteiger charge is -2.51. The zero-order chi connectivity index (χ0) is 47.5. The molecule has 2 heterocycles. The number of aryl methyl sites for hydroxylation is 1. The number of carbonyl (C=O) groups excluding carboxylic acids is 3. The number of carbonyl (C=O) groups is 3. The maximum Gasteiger partial charge on any atom is 0.415 e. The van der Waals surface area contributed by atoms with Crippen LogP contribution in [-0.4, -0.2) is 85.1 Å². The summed E-state index contributed by atoms with van der Waals surface area (Å²) in [5.41, 5.74) is 1.73. The van der Waals surface area contributed by atoms with Crippen molar-refractivity contribution in [3.8, 4) is 11.5 Å². The number of ether oxygens (including phenoxy) is 3. The van der Waals surface area contributed by atoms with Crippen LogP contribution in [0.5, 0.6) is 11.5 Å². The van der Waals surface area contributed by atoms with Gasteiger partial charge in [0.2, 0.25) is 9.61 Å². The van der Waals surface area contributed by atoms with Gasteiger partial charge in [0, 0.05) is 36.3 Å². The van der Waals surface area contributed by atoms with Crippen molar-refractivity contribution in [1.82, 2.24) is 14.7 Å². The van der Waals surface area contributed by atoms with Gasteiger partial charge in [-0.15, -0.1) is 10.1 Å². The Bertz CT molecular complexity index is 2520. The van der Waals surface area contributed by atoms with Gasteiger partial charge in [0.1, 0.15) is 12.4 Å². The molecule has 2 unspecified atom stereocenters. The van der Waals surface area contributed by atoms with Crippen molar-refractivity contribution < 1.29 is 51.7 Å². The highest BCUT2D eigenvalue weighted by molar-refractivity contribution is 6.68. The highest BCUT2D eigenvalue weighted by Crippen LogP contribution is 2.45. The van der Waals surface area contributed by atoms with E-state index in [9.17, 15) is 32.9 Å². The van der Waals surface area contributed by atoms with Crippen LogP contribution in [-0.2, 0) is 33.9 Å². The summed E-state index contributed by atoms with van der Waals surface area (Å²) in [6.45, 7) is 2.22. The monoisotopic (exact) mass is 992 g/mol. The van der Waals surface area contributed by atoms with Gasteiger partial charge in [-0.1, -0.05) is 101 Å². The Kier molecular flexibility index (Phi) is 14.9. The molecule has 2 aliphatic heterocycles. The van der Waals surface area contributed by atoms with E-state index < -0.39 is 67.9 Å². The van der Waals surface area contributed by atoms with Crippen molar-refractivity contribution in [2.45, 2.75) is 86.6 Å². The molecule has 0 radical (unpaired) electrons. The third kappa shape index (κ3) is 11.2. The lowest BCUT2D eigenvalue weighted by atomic mass is 9.81. The molecule has 3 amide bonds. The summed E-state index contributed by atoms with van der Waals surface area (Å²) >= 11 is 25.4. The Morgan fingerprint density at radius 2 is 1.61 bits per heavy atom. The molecule has 7 rings (SSSR count). The highest BCUT2D eigenvalue weighted by Gasteiger charge is 2.52. The van der Waals surface area contributed by atoms with Crippen LogP contribution in [0.4, 0.5) is 22.8 Å². The molecule has 3 aliphatic rings. The van der Waals surface area contributed by atoms with E-state index in [0.717, 1.165) is 24.5 Å². The summed E-state index contributed by atoms with van der Waals surface area (Å²) in [6, 6.07) is 19.9. The van der Waals surface area contributed by atoms with E-state index in [4.69, 9.17) is 60.6 Å². The maximum atomic E-state index is 15.4. The first-order valence-electron chi connectivity index (χ1n) is 20.8. The lowest BCUT2D eigenvalue weighted by molar-refractivity contribution is -0.763. The minimum atomic E-state index is -2.06. The topological polar surface area (TPSA) is 141 Å². The molecule has 2 atom stereocenters. The summed E-state index contributed by atoms with van der Waals surface area (Å²) in [4.78, 5) is 63.7. The molecule has 0 N–H and O–H groups in total. The van der Waals surface area contributed by atoms with Gasteiger partial charge in [0.05, 0.1) is 18.7 Å². The fourth-order valence-corrected chi connectivity index (χ4v) is 8.19. The van der Waals surface area contributed by atoms with Crippen LogP contribution in [0, 0.1) is 27.6 Å². The predicted molar refractivity (Wildman–Crippen MR) is 239 cm³/mol. The Morgan fingerprint density at radius 3 is 2.29 bits per heavy atom. The van der Waals surface area contributed by atoms with Gasteiger partial charge in [0.25, 0.3) is 11.0 Å². The molecule has 4 aromatic carbocycles.